The molecule has 2 aliphatic rings. The van der Waals surface area contributed by atoms with E-state index in [1.807, 2.05) is 75.4 Å². The third-order valence-corrected chi connectivity index (χ3v) is 13.6. The highest BCUT2D eigenvalue weighted by atomic mass is 16.6. The lowest BCUT2D eigenvalue weighted by Crippen LogP contribution is -2.60. The van der Waals surface area contributed by atoms with Crippen molar-refractivity contribution in [1.82, 2.24) is 36.0 Å². The monoisotopic (exact) mass is 1040 g/mol. The van der Waals surface area contributed by atoms with Crippen molar-refractivity contribution >= 4 is 47.7 Å². The molecule has 18 nitrogen and oxygen atoms in total. The molecule has 1 aliphatic carbocycles. The number of likely N-dealkylation sites (tertiary alicyclic amines) is 1. The normalized spacial score (nSPS) is 18.2. The van der Waals surface area contributed by atoms with Crippen LogP contribution >= 0.6 is 0 Å². The second-order valence-electron chi connectivity index (χ2n) is 23.0. The van der Waals surface area contributed by atoms with E-state index >= 15 is 0 Å². The van der Waals surface area contributed by atoms with Crippen LogP contribution in [0.25, 0.3) is 0 Å². The summed E-state index contributed by atoms with van der Waals surface area (Å²) in [5.41, 5.74) is 2.85. The van der Waals surface area contributed by atoms with E-state index in [-0.39, 0.29) is 37.2 Å². The van der Waals surface area contributed by atoms with Gasteiger partial charge in [-0.1, -0.05) is 81.4 Å². The topological polar surface area (TPSA) is 233 Å². The lowest BCUT2D eigenvalue weighted by molar-refractivity contribution is -0.144. The Morgan fingerprint density at radius 3 is 1.72 bits per heavy atom. The standard InChI is InChI=1S/C57H79N7O11/c1-34(62(12)53(72)74-56(6,7)8)47(65)60-44(52(70)71)31-38-25-23-36(24-26-38)21-22-37-27-29-40(30-28-37)49(67)58-41-32-45(50(68)59-43-20-16-18-39-17-14-15-19-42(39)43)64(33-41)51(69)46(55(3,4)5)61-48(66)35(2)63(13)54(73)75-57(9,10)11/h14-15,17,19,23-30,34-35,41,43-46H,16,18,20-22,31-33H2,1-13H3,(H,58,67)(H,59,68)(H,60,65)(H,61,66)(H,70,71)/t34-,35-,41-,43+,44-,45-,46+/m0/s1. The van der Waals surface area contributed by atoms with Crippen LogP contribution in [0, 0.1) is 5.41 Å². The number of rotatable bonds is 17. The van der Waals surface area contributed by atoms with Crippen LogP contribution in [0.15, 0.2) is 72.8 Å². The minimum atomic E-state index is -1.23. The Morgan fingerprint density at radius 2 is 1.20 bits per heavy atom. The second kappa shape index (κ2) is 24.6. The van der Waals surface area contributed by atoms with E-state index in [0.29, 0.717) is 24.0 Å². The molecule has 3 aromatic rings. The molecule has 7 atom stereocenters. The van der Waals surface area contributed by atoms with Crippen LogP contribution in [0.2, 0.25) is 0 Å². The highest BCUT2D eigenvalue weighted by molar-refractivity contribution is 5.96. The quantitative estimate of drug-likeness (QED) is 0.0977. The molecule has 5 rings (SSSR count). The number of nitrogens with zero attached hydrogens (tertiary/aromatic N) is 3. The number of ether oxygens (including phenoxy) is 2. The lowest BCUT2D eigenvalue weighted by atomic mass is 9.85. The maximum Gasteiger partial charge on any atom is 0.410 e. The zero-order chi connectivity index (χ0) is 55.7. The Labute approximate surface area is 442 Å². The molecular formula is C57H79N7O11. The Bertz CT molecular complexity index is 2550. The van der Waals surface area contributed by atoms with Gasteiger partial charge < -0.3 is 40.7 Å². The molecule has 0 aromatic heterocycles. The smallest absolute Gasteiger partial charge is 0.410 e. The zero-order valence-corrected chi connectivity index (χ0v) is 46.0. The number of nitrogens with one attached hydrogen (secondary N) is 4. The van der Waals surface area contributed by atoms with Crippen LogP contribution in [0.1, 0.15) is 140 Å². The van der Waals surface area contributed by atoms with Crippen LogP contribution in [0.3, 0.4) is 0 Å². The van der Waals surface area contributed by atoms with Crippen molar-refractivity contribution in [2.75, 3.05) is 20.6 Å². The number of amides is 7. The minimum absolute atomic E-state index is 0.00879. The number of likely N-dealkylation sites (N-methyl/N-ethyl adjacent to an activating group) is 2. The van der Waals surface area contributed by atoms with Crippen molar-refractivity contribution < 1.29 is 52.9 Å². The van der Waals surface area contributed by atoms with E-state index in [9.17, 15) is 43.5 Å². The van der Waals surface area contributed by atoms with Gasteiger partial charge in [0.25, 0.3) is 5.91 Å². The van der Waals surface area contributed by atoms with Gasteiger partial charge in [0.2, 0.25) is 23.6 Å². The number of carbonyl (C=O) groups is 8. The number of hydrogen-bond acceptors (Lipinski definition) is 10. The Morgan fingerprint density at radius 1 is 0.693 bits per heavy atom. The molecule has 18 heteroatoms. The molecule has 3 aromatic carbocycles. The average molecular weight is 1040 g/mol. The summed E-state index contributed by atoms with van der Waals surface area (Å²) in [7, 11) is 2.87. The van der Waals surface area contributed by atoms with Crippen molar-refractivity contribution in [2.24, 2.45) is 5.41 Å². The summed E-state index contributed by atoms with van der Waals surface area (Å²) in [6.07, 6.45) is 2.56. The fourth-order valence-electron chi connectivity index (χ4n) is 8.97. The van der Waals surface area contributed by atoms with E-state index in [4.69, 9.17) is 9.47 Å². The van der Waals surface area contributed by atoms with E-state index in [0.717, 1.165) is 46.4 Å². The lowest BCUT2D eigenvalue weighted by Gasteiger charge is -2.37. The third kappa shape index (κ3) is 16.5. The molecule has 1 aliphatic heterocycles. The first kappa shape index (κ1) is 58.9. The number of aliphatic carboxylic acids is 1. The van der Waals surface area contributed by atoms with Crippen LogP contribution < -0.4 is 21.3 Å². The van der Waals surface area contributed by atoms with Gasteiger partial charge in [0.15, 0.2) is 0 Å². The molecule has 75 heavy (non-hydrogen) atoms. The van der Waals surface area contributed by atoms with Gasteiger partial charge in [0.1, 0.15) is 41.4 Å². The van der Waals surface area contributed by atoms with E-state index in [1.54, 1.807) is 60.6 Å². The van der Waals surface area contributed by atoms with Gasteiger partial charge in [-0.15, -0.1) is 0 Å². The number of hydrogen-bond donors (Lipinski definition) is 5. The number of carboxylic acids is 1. The first-order chi connectivity index (χ1) is 34.9. The van der Waals surface area contributed by atoms with E-state index in [1.165, 1.54) is 30.8 Å². The number of benzene rings is 3. The summed E-state index contributed by atoms with van der Waals surface area (Å²) in [4.78, 5) is 111. The molecule has 0 unspecified atom stereocenters. The summed E-state index contributed by atoms with van der Waals surface area (Å²) in [5, 5.41) is 21.6. The number of carboxylic acid groups (broad SMARTS) is 1. The number of aryl methyl sites for hydroxylation is 3. The molecule has 0 radical (unpaired) electrons. The van der Waals surface area contributed by atoms with Gasteiger partial charge in [0.05, 0.1) is 6.04 Å². The summed E-state index contributed by atoms with van der Waals surface area (Å²) in [6, 6.07) is 16.4. The van der Waals surface area contributed by atoms with Gasteiger partial charge in [-0.05, 0) is 139 Å². The van der Waals surface area contributed by atoms with Crippen LogP contribution in [-0.2, 0) is 59.1 Å². The summed E-state index contributed by atoms with van der Waals surface area (Å²) in [6.45, 7) is 18.8. The fourth-order valence-corrected chi connectivity index (χ4v) is 8.97. The largest absolute Gasteiger partial charge is 0.480 e. The van der Waals surface area contributed by atoms with Crippen LogP contribution in [-0.4, -0.2) is 136 Å². The van der Waals surface area contributed by atoms with Crippen molar-refractivity contribution in [2.45, 2.75) is 175 Å². The van der Waals surface area contributed by atoms with Crippen molar-refractivity contribution in [3.63, 3.8) is 0 Å². The summed E-state index contributed by atoms with van der Waals surface area (Å²) >= 11 is 0. The van der Waals surface area contributed by atoms with Crippen LogP contribution in [0.4, 0.5) is 9.59 Å². The highest BCUT2D eigenvalue weighted by Gasteiger charge is 2.46. The summed E-state index contributed by atoms with van der Waals surface area (Å²) in [5.74, 6) is -3.65. The predicted molar refractivity (Wildman–Crippen MR) is 284 cm³/mol. The number of fused-ring (bicyclic) bond motifs is 1. The van der Waals surface area contributed by atoms with Gasteiger partial charge in [-0.3, -0.25) is 33.8 Å². The van der Waals surface area contributed by atoms with Crippen molar-refractivity contribution in [1.29, 1.82) is 0 Å². The number of carbonyl (C=O) groups excluding carboxylic acids is 7. The summed E-state index contributed by atoms with van der Waals surface area (Å²) < 4.78 is 10.8. The molecule has 1 saturated heterocycles. The molecular weight excluding hydrogens is 959 g/mol. The predicted octanol–water partition coefficient (Wildman–Crippen LogP) is 6.52. The highest BCUT2D eigenvalue weighted by Crippen LogP contribution is 2.32. The molecule has 0 bridgehead atoms. The Kier molecular flexibility index (Phi) is 19.3. The van der Waals surface area contributed by atoms with Gasteiger partial charge in [0, 0.05) is 38.7 Å². The van der Waals surface area contributed by atoms with Crippen molar-refractivity contribution in [3.05, 3.63) is 106 Å². The van der Waals surface area contributed by atoms with Gasteiger partial charge in [-0.2, -0.15) is 0 Å². The molecule has 408 valence electrons. The van der Waals surface area contributed by atoms with Crippen molar-refractivity contribution in [3.8, 4) is 0 Å². The average Bonchev–Trinajstić information content (AvgIpc) is 3.76. The Hall–Kier alpha value is -6.98. The SMILES string of the molecule is C[C@@H](C(=O)N[C@@H](Cc1ccc(CCc2ccc(C(=O)N[C@H]3C[C@@H](C(=O)N[C@@H]4CCCc5ccccc54)N(C(=O)[C@@H](NC(=O)[C@H](C)N(C)C(=O)OC(C)(C)C)C(C)(C)C)C3)cc2)cc1)C(=O)O)N(C)C(=O)OC(C)(C)C. The molecule has 0 saturated carbocycles. The third-order valence-electron chi connectivity index (χ3n) is 13.6. The first-order valence-corrected chi connectivity index (χ1v) is 25.8. The minimum Gasteiger partial charge on any atom is -0.480 e. The maximum absolute atomic E-state index is 14.8. The van der Waals surface area contributed by atoms with Gasteiger partial charge in [-0.25, -0.2) is 14.4 Å². The zero-order valence-electron chi connectivity index (χ0n) is 46.0. The Balaban J connectivity index is 1.23. The van der Waals surface area contributed by atoms with Crippen LogP contribution in [0.5, 0.6) is 0 Å². The fraction of sp³-hybridized carbons (Fsp3) is 0.544. The van der Waals surface area contributed by atoms with Gasteiger partial charge >= 0.3 is 18.2 Å². The molecule has 0 spiro atoms. The van der Waals surface area contributed by atoms with E-state index in [2.05, 4.69) is 27.3 Å². The molecule has 1 fully saturated rings. The molecule has 7 amide bonds. The first-order valence-electron chi connectivity index (χ1n) is 25.8. The second-order valence-corrected chi connectivity index (χ2v) is 23.0. The molecule has 1 heterocycles. The van der Waals surface area contributed by atoms with E-state index < -0.39 is 88.7 Å². The maximum atomic E-state index is 14.8. The molecule has 5 N–H and O–H groups in total.